The van der Waals surface area contributed by atoms with Crippen molar-refractivity contribution in [1.82, 2.24) is 5.01 Å². The van der Waals surface area contributed by atoms with Crippen LogP contribution in [-0.4, -0.2) is 73.7 Å². The van der Waals surface area contributed by atoms with Gasteiger partial charge >= 0.3 is 11.9 Å². The average Bonchev–Trinajstić information content (AvgIpc) is 3.13. The molecule has 3 rings (SSSR count). The largest absolute Gasteiger partial charge is 0.462 e. The molecule has 1 N–H and O–H groups in total. The van der Waals surface area contributed by atoms with Crippen LogP contribution in [0.1, 0.15) is 53.8 Å². The zero-order valence-corrected chi connectivity index (χ0v) is 19.1. The van der Waals surface area contributed by atoms with Gasteiger partial charge in [-0.05, 0) is 38.5 Å². The number of carbonyl (C=O) groups is 4. The highest BCUT2D eigenvalue weighted by Crippen LogP contribution is 2.23. The van der Waals surface area contributed by atoms with Gasteiger partial charge in [-0.15, -0.1) is 0 Å². The maximum absolute atomic E-state index is 12.8. The second-order valence-corrected chi connectivity index (χ2v) is 9.76. The van der Waals surface area contributed by atoms with Crippen molar-refractivity contribution in [2.45, 2.75) is 39.2 Å². The fourth-order valence-corrected chi connectivity index (χ4v) is 5.25. The molecule has 0 bridgehead atoms. The Bertz CT molecular complexity index is 1080. The Labute approximate surface area is 191 Å². The highest BCUT2D eigenvalue weighted by Gasteiger charge is 2.37. The van der Waals surface area contributed by atoms with Crippen molar-refractivity contribution in [3.8, 4) is 0 Å². The van der Waals surface area contributed by atoms with Gasteiger partial charge in [0.2, 0.25) is 5.91 Å². The van der Waals surface area contributed by atoms with Crippen LogP contribution in [0.3, 0.4) is 0 Å². The summed E-state index contributed by atoms with van der Waals surface area (Å²) in [6, 6.07) is 3.42. The number of nitrogens with one attached hydrogen (secondary N) is 1. The van der Waals surface area contributed by atoms with Crippen molar-refractivity contribution in [1.29, 1.82) is 0 Å². The Balaban J connectivity index is 1.84. The number of benzene rings is 1. The Morgan fingerprint density at radius 1 is 1.06 bits per heavy atom. The molecular formula is C21H25N3O8S. The number of ether oxygens (including phenoxy) is 2. The van der Waals surface area contributed by atoms with Gasteiger partial charge in [0.1, 0.15) is 5.71 Å². The van der Waals surface area contributed by atoms with Crippen LogP contribution >= 0.6 is 0 Å². The third-order valence-electron chi connectivity index (χ3n) is 5.09. The Hall–Kier alpha value is -3.28. The number of hydrazone groups is 1. The highest BCUT2D eigenvalue weighted by atomic mass is 32.2. The first-order valence-corrected chi connectivity index (χ1v) is 12.4. The maximum Gasteiger partial charge on any atom is 0.338 e. The number of anilines is 1. The zero-order valence-electron chi connectivity index (χ0n) is 18.3. The monoisotopic (exact) mass is 479 g/mol. The quantitative estimate of drug-likeness (QED) is 0.573. The van der Waals surface area contributed by atoms with E-state index in [2.05, 4.69) is 10.4 Å². The van der Waals surface area contributed by atoms with E-state index in [9.17, 15) is 27.6 Å². The van der Waals surface area contributed by atoms with E-state index >= 15 is 0 Å². The second-order valence-electron chi connectivity index (χ2n) is 7.54. The molecule has 0 saturated carbocycles. The Kier molecular flexibility index (Phi) is 7.46. The molecule has 0 aromatic heterocycles. The first kappa shape index (κ1) is 24.4. The first-order chi connectivity index (χ1) is 15.6. The van der Waals surface area contributed by atoms with Crippen LogP contribution in [0.25, 0.3) is 0 Å². The molecule has 33 heavy (non-hydrogen) atoms. The minimum atomic E-state index is -3.24. The summed E-state index contributed by atoms with van der Waals surface area (Å²) >= 11 is 0. The van der Waals surface area contributed by atoms with Crippen LogP contribution in [0.2, 0.25) is 0 Å². The number of nitrogens with zero attached hydrogens (tertiary/aromatic N) is 2. The predicted octanol–water partition coefficient (Wildman–Crippen LogP) is 1.14. The summed E-state index contributed by atoms with van der Waals surface area (Å²) in [7, 11) is -3.24. The zero-order chi connectivity index (χ0) is 24.2. The highest BCUT2D eigenvalue weighted by molar-refractivity contribution is 7.91. The van der Waals surface area contributed by atoms with Crippen molar-refractivity contribution < 1.29 is 37.1 Å². The number of hydrogen-bond donors (Lipinski definition) is 1. The molecule has 2 aliphatic rings. The summed E-state index contributed by atoms with van der Waals surface area (Å²) in [4.78, 5) is 49.5. The van der Waals surface area contributed by atoms with Gasteiger partial charge in [-0.2, -0.15) is 5.10 Å². The fraction of sp³-hybridized carbons (Fsp3) is 0.476. The molecule has 2 heterocycles. The Morgan fingerprint density at radius 3 is 2.18 bits per heavy atom. The molecule has 0 spiro atoms. The summed E-state index contributed by atoms with van der Waals surface area (Å²) < 4.78 is 33.5. The van der Waals surface area contributed by atoms with Crippen molar-refractivity contribution in [2.75, 3.05) is 30.0 Å². The van der Waals surface area contributed by atoms with E-state index in [1.807, 2.05) is 0 Å². The summed E-state index contributed by atoms with van der Waals surface area (Å²) in [6.45, 7) is 3.53. The third kappa shape index (κ3) is 5.95. The van der Waals surface area contributed by atoms with Crippen molar-refractivity contribution in [3.63, 3.8) is 0 Å². The number of amides is 2. The average molecular weight is 480 g/mol. The lowest BCUT2D eigenvalue weighted by Crippen LogP contribution is -2.42. The van der Waals surface area contributed by atoms with Crippen LogP contribution in [0.4, 0.5) is 5.69 Å². The molecule has 2 aliphatic heterocycles. The van der Waals surface area contributed by atoms with Gasteiger partial charge in [0.15, 0.2) is 9.84 Å². The van der Waals surface area contributed by atoms with E-state index in [0.29, 0.717) is 0 Å². The van der Waals surface area contributed by atoms with Crippen LogP contribution in [-0.2, 0) is 28.9 Å². The Morgan fingerprint density at radius 2 is 1.67 bits per heavy atom. The van der Waals surface area contributed by atoms with E-state index in [0.717, 1.165) is 5.01 Å². The molecule has 1 unspecified atom stereocenters. The van der Waals surface area contributed by atoms with Crippen molar-refractivity contribution in [3.05, 3.63) is 29.3 Å². The molecule has 1 aromatic rings. The van der Waals surface area contributed by atoms with E-state index in [-0.39, 0.29) is 72.4 Å². The molecule has 1 atom stereocenters. The normalized spacial score (nSPS) is 19.6. The van der Waals surface area contributed by atoms with Crippen LogP contribution < -0.4 is 5.32 Å². The molecule has 1 fully saturated rings. The molecule has 0 radical (unpaired) electrons. The molecule has 178 valence electrons. The van der Waals surface area contributed by atoms with Gasteiger partial charge in [-0.3, -0.25) is 9.59 Å². The molecule has 12 heteroatoms. The lowest BCUT2D eigenvalue weighted by molar-refractivity contribution is -0.133. The first-order valence-electron chi connectivity index (χ1n) is 10.5. The summed E-state index contributed by atoms with van der Waals surface area (Å²) in [5.74, 6) is -2.55. The maximum atomic E-state index is 12.8. The van der Waals surface area contributed by atoms with Crippen molar-refractivity contribution in [2.24, 2.45) is 5.10 Å². The lowest BCUT2D eigenvalue weighted by atomic mass is 10.1. The molecule has 1 aromatic carbocycles. The third-order valence-corrected chi connectivity index (χ3v) is 6.84. The molecule has 2 amide bonds. The van der Waals surface area contributed by atoms with Gasteiger partial charge < -0.3 is 14.8 Å². The fourth-order valence-electron chi connectivity index (χ4n) is 3.56. The van der Waals surface area contributed by atoms with Crippen LogP contribution in [0.5, 0.6) is 0 Å². The predicted molar refractivity (Wildman–Crippen MR) is 118 cm³/mol. The summed E-state index contributed by atoms with van der Waals surface area (Å²) in [5.41, 5.74) is 0.286. The van der Waals surface area contributed by atoms with E-state index in [1.54, 1.807) is 13.8 Å². The molecule has 11 nitrogen and oxygen atoms in total. The molecular weight excluding hydrogens is 454 g/mol. The van der Waals surface area contributed by atoms with E-state index in [1.165, 1.54) is 18.2 Å². The lowest BCUT2D eigenvalue weighted by Gasteiger charge is -2.27. The number of sulfone groups is 1. The minimum absolute atomic E-state index is 0.0136. The van der Waals surface area contributed by atoms with Gasteiger partial charge in [-0.1, -0.05) is 0 Å². The number of esters is 2. The van der Waals surface area contributed by atoms with Gasteiger partial charge in [0.25, 0.3) is 5.91 Å². The second kappa shape index (κ2) is 10.1. The van der Waals surface area contributed by atoms with Crippen LogP contribution in [0, 0.1) is 0 Å². The van der Waals surface area contributed by atoms with E-state index < -0.39 is 33.7 Å². The number of rotatable bonds is 7. The minimum Gasteiger partial charge on any atom is -0.462 e. The molecule has 0 aliphatic carbocycles. The van der Waals surface area contributed by atoms with E-state index in [4.69, 9.17) is 9.47 Å². The SMILES string of the molecule is CCOC(=O)c1cc(NC(=O)C2=NN(C3CCS(=O)(=O)C3)C(=O)CC2)cc(C(=O)OCC)c1. The van der Waals surface area contributed by atoms with Gasteiger partial charge in [0, 0.05) is 18.5 Å². The van der Waals surface area contributed by atoms with Crippen LogP contribution in [0.15, 0.2) is 23.3 Å². The number of hydrogen-bond acceptors (Lipinski definition) is 9. The standard InChI is InChI=1S/C21H25N3O8S/c1-3-31-20(27)13-9-14(21(28)32-4-2)11-15(10-13)22-19(26)17-5-6-18(25)24(23-17)16-7-8-33(29,30)12-16/h9-11,16H,3-8,12H2,1-2H3,(H,22,26). The summed E-state index contributed by atoms with van der Waals surface area (Å²) in [6.07, 6.45) is 0.347. The van der Waals surface area contributed by atoms with Gasteiger partial charge in [0.05, 0.1) is 41.9 Å². The summed E-state index contributed by atoms with van der Waals surface area (Å²) in [5, 5.41) is 7.79. The van der Waals surface area contributed by atoms with Crippen molar-refractivity contribution >= 4 is 45.0 Å². The topological polar surface area (TPSA) is 149 Å². The number of carbonyl (C=O) groups excluding carboxylic acids is 4. The van der Waals surface area contributed by atoms with Gasteiger partial charge in [-0.25, -0.2) is 23.0 Å². The smallest absolute Gasteiger partial charge is 0.338 e. The molecule has 1 saturated heterocycles.